The van der Waals surface area contributed by atoms with E-state index in [9.17, 15) is 13.2 Å². The second-order valence-corrected chi connectivity index (χ2v) is 8.43. The summed E-state index contributed by atoms with van der Waals surface area (Å²) in [4.78, 5) is 11.9. The molecule has 7 heteroatoms. The van der Waals surface area contributed by atoms with E-state index in [0.717, 1.165) is 12.0 Å². The lowest BCUT2D eigenvalue weighted by atomic mass is 10.2. The van der Waals surface area contributed by atoms with E-state index in [1.54, 1.807) is 19.2 Å². The molecule has 0 radical (unpaired) electrons. The number of sulfonamides is 1. The van der Waals surface area contributed by atoms with Crippen LogP contribution in [0.25, 0.3) is 0 Å². The lowest BCUT2D eigenvalue weighted by Gasteiger charge is -2.17. The number of hydrogen-bond acceptors (Lipinski definition) is 4. The molecule has 2 aromatic carbocycles. The smallest absolute Gasteiger partial charge is 0.258 e. The number of hydrogen-bond donors (Lipinski definition) is 1. The topological polar surface area (TPSA) is 75.7 Å². The number of benzene rings is 2. The van der Waals surface area contributed by atoms with E-state index >= 15 is 0 Å². The van der Waals surface area contributed by atoms with Crippen molar-refractivity contribution in [1.82, 2.24) is 9.62 Å². The van der Waals surface area contributed by atoms with E-state index in [0.29, 0.717) is 5.75 Å². The number of ether oxygens (including phenoxy) is 1. The molecular weight excluding hydrogens is 364 g/mol. The molecule has 27 heavy (non-hydrogen) atoms. The summed E-state index contributed by atoms with van der Waals surface area (Å²) in [5.74, 6) is 0.239. The number of carbonyl (C=O) groups excluding carboxylic acids is 1. The predicted molar refractivity (Wildman–Crippen MR) is 105 cm³/mol. The largest absolute Gasteiger partial charge is 0.484 e. The fourth-order valence-corrected chi connectivity index (χ4v) is 3.54. The van der Waals surface area contributed by atoms with Gasteiger partial charge in [-0.25, -0.2) is 8.42 Å². The van der Waals surface area contributed by atoms with Gasteiger partial charge in [0, 0.05) is 19.6 Å². The van der Waals surface area contributed by atoms with E-state index in [1.165, 1.54) is 16.4 Å². The van der Waals surface area contributed by atoms with Crippen molar-refractivity contribution in [1.29, 1.82) is 0 Å². The van der Waals surface area contributed by atoms with Crippen molar-refractivity contribution in [3.05, 3.63) is 60.2 Å². The first-order valence-electron chi connectivity index (χ1n) is 8.85. The fraction of sp³-hybridized carbons (Fsp3) is 0.350. The number of rotatable bonds is 9. The van der Waals surface area contributed by atoms with Gasteiger partial charge in [-0.1, -0.05) is 37.3 Å². The predicted octanol–water partition coefficient (Wildman–Crippen LogP) is 2.80. The van der Waals surface area contributed by atoms with Gasteiger partial charge in [0.2, 0.25) is 10.0 Å². The Bertz CT molecular complexity index is 836. The number of carbonyl (C=O) groups is 1. The molecule has 0 fully saturated rings. The summed E-state index contributed by atoms with van der Waals surface area (Å²) in [6, 6.07) is 15.6. The lowest BCUT2D eigenvalue weighted by Crippen LogP contribution is -2.35. The third-order valence-corrected chi connectivity index (χ3v) is 5.99. The minimum absolute atomic E-state index is 0.0915. The van der Waals surface area contributed by atoms with Gasteiger partial charge in [0.15, 0.2) is 6.61 Å². The van der Waals surface area contributed by atoms with Gasteiger partial charge in [0.1, 0.15) is 5.75 Å². The first-order valence-corrected chi connectivity index (χ1v) is 10.3. The molecule has 0 aromatic heterocycles. The molecule has 0 bridgehead atoms. The Morgan fingerprint density at radius 3 is 2.33 bits per heavy atom. The number of amides is 1. The van der Waals surface area contributed by atoms with Crippen LogP contribution in [-0.2, 0) is 21.4 Å². The van der Waals surface area contributed by atoms with Crippen LogP contribution in [0.5, 0.6) is 5.75 Å². The molecule has 0 aliphatic rings. The van der Waals surface area contributed by atoms with Crippen LogP contribution in [0.4, 0.5) is 0 Å². The molecule has 0 spiro atoms. The van der Waals surface area contributed by atoms with Gasteiger partial charge in [-0.2, -0.15) is 4.31 Å². The molecule has 0 unspecified atom stereocenters. The second kappa shape index (κ2) is 9.53. The highest BCUT2D eigenvalue weighted by molar-refractivity contribution is 7.89. The zero-order chi connectivity index (χ0) is 19.9. The molecule has 0 heterocycles. The van der Waals surface area contributed by atoms with Gasteiger partial charge >= 0.3 is 0 Å². The Kier molecular flexibility index (Phi) is 7.38. The van der Waals surface area contributed by atoms with Crippen molar-refractivity contribution < 1.29 is 17.9 Å². The molecule has 2 rings (SSSR count). The van der Waals surface area contributed by atoms with E-state index in [-0.39, 0.29) is 30.0 Å². The highest BCUT2D eigenvalue weighted by atomic mass is 32.2. The van der Waals surface area contributed by atoms with Crippen molar-refractivity contribution in [2.75, 3.05) is 13.7 Å². The Labute approximate surface area is 161 Å². The van der Waals surface area contributed by atoms with Gasteiger partial charge in [0.05, 0.1) is 4.90 Å². The van der Waals surface area contributed by atoms with Gasteiger partial charge in [-0.15, -0.1) is 0 Å². The molecule has 1 atom stereocenters. The quantitative estimate of drug-likeness (QED) is 0.714. The number of nitrogens with one attached hydrogen (secondary N) is 1. The van der Waals surface area contributed by atoms with Crippen molar-refractivity contribution in [3.63, 3.8) is 0 Å². The minimum atomic E-state index is -3.61. The van der Waals surface area contributed by atoms with E-state index in [2.05, 4.69) is 5.32 Å². The average Bonchev–Trinajstić information content (AvgIpc) is 2.67. The standard InChI is InChI=1S/C20H26N2O4S/c1-4-16(2)21-20(23)15-26-18-10-12-19(13-11-18)27(24,25)22(3)14-17-8-6-5-7-9-17/h5-13,16H,4,14-15H2,1-3H3,(H,21,23)/t16-/m0/s1. The summed E-state index contributed by atoms with van der Waals surface area (Å²) in [5, 5.41) is 2.81. The molecule has 2 aromatic rings. The first-order chi connectivity index (χ1) is 12.8. The summed E-state index contributed by atoms with van der Waals surface area (Å²) < 4.78 is 32.1. The molecule has 0 aliphatic heterocycles. The van der Waals surface area contributed by atoms with Crippen LogP contribution in [0.3, 0.4) is 0 Å². The van der Waals surface area contributed by atoms with Gasteiger partial charge in [0.25, 0.3) is 5.91 Å². The summed E-state index contributed by atoms with van der Waals surface area (Å²) in [6.45, 7) is 4.09. The third kappa shape index (κ3) is 6.08. The zero-order valence-electron chi connectivity index (χ0n) is 15.9. The molecule has 0 saturated heterocycles. The zero-order valence-corrected chi connectivity index (χ0v) is 16.7. The monoisotopic (exact) mass is 390 g/mol. The van der Waals surface area contributed by atoms with E-state index in [4.69, 9.17) is 4.74 Å². The van der Waals surface area contributed by atoms with Gasteiger partial charge < -0.3 is 10.1 Å². The Morgan fingerprint density at radius 2 is 1.74 bits per heavy atom. The summed E-state index contributed by atoms with van der Waals surface area (Å²) >= 11 is 0. The molecule has 6 nitrogen and oxygen atoms in total. The average molecular weight is 391 g/mol. The third-order valence-electron chi connectivity index (χ3n) is 4.17. The van der Waals surface area contributed by atoms with Crippen LogP contribution in [0.1, 0.15) is 25.8 Å². The Balaban J connectivity index is 1.97. The van der Waals surface area contributed by atoms with Crippen LogP contribution in [-0.4, -0.2) is 38.3 Å². The highest BCUT2D eigenvalue weighted by Gasteiger charge is 2.21. The maximum absolute atomic E-state index is 12.7. The minimum Gasteiger partial charge on any atom is -0.484 e. The second-order valence-electron chi connectivity index (χ2n) is 6.38. The highest BCUT2D eigenvalue weighted by Crippen LogP contribution is 2.20. The Morgan fingerprint density at radius 1 is 1.11 bits per heavy atom. The summed E-state index contributed by atoms with van der Waals surface area (Å²) in [6.07, 6.45) is 0.842. The van der Waals surface area contributed by atoms with Crippen LogP contribution >= 0.6 is 0 Å². The molecule has 146 valence electrons. The van der Waals surface area contributed by atoms with Crippen LogP contribution < -0.4 is 10.1 Å². The SMILES string of the molecule is CC[C@H](C)NC(=O)COc1ccc(S(=O)(=O)N(C)Cc2ccccc2)cc1. The lowest BCUT2D eigenvalue weighted by molar-refractivity contribution is -0.123. The van der Waals surface area contributed by atoms with Crippen LogP contribution in [0.2, 0.25) is 0 Å². The van der Waals surface area contributed by atoms with Crippen LogP contribution in [0, 0.1) is 0 Å². The van der Waals surface area contributed by atoms with Crippen molar-refractivity contribution in [2.24, 2.45) is 0 Å². The maximum Gasteiger partial charge on any atom is 0.258 e. The molecule has 1 amide bonds. The maximum atomic E-state index is 12.7. The van der Waals surface area contributed by atoms with Crippen molar-refractivity contribution in [2.45, 2.75) is 37.8 Å². The molecule has 0 saturated carbocycles. The molecule has 1 N–H and O–H groups in total. The van der Waals surface area contributed by atoms with E-state index in [1.807, 2.05) is 44.2 Å². The van der Waals surface area contributed by atoms with Gasteiger partial charge in [-0.05, 0) is 43.2 Å². The first kappa shape index (κ1) is 20.9. The van der Waals surface area contributed by atoms with Crippen molar-refractivity contribution >= 4 is 15.9 Å². The Hall–Kier alpha value is -2.38. The molecular formula is C20H26N2O4S. The summed E-state index contributed by atoms with van der Waals surface area (Å²) in [7, 11) is -2.06. The summed E-state index contributed by atoms with van der Waals surface area (Å²) in [5.41, 5.74) is 0.913. The van der Waals surface area contributed by atoms with E-state index < -0.39 is 10.0 Å². The van der Waals surface area contributed by atoms with Crippen LogP contribution in [0.15, 0.2) is 59.5 Å². The van der Waals surface area contributed by atoms with Crippen molar-refractivity contribution in [3.8, 4) is 5.75 Å². The normalized spacial score (nSPS) is 12.6. The van der Waals surface area contributed by atoms with Gasteiger partial charge in [-0.3, -0.25) is 4.79 Å². The molecule has 0 aliphatic carbocycles. The fourth-order valence-electron chi connectivity index (χ4n) is 2.38. The number of nitrogens with zero attached hydrogens (tertiary/aromatic N) is 1.